The number of nitrogens with zero attached hydrogens (tertiary/aromatic N) is 1. The number of hydrogen-bond acceptors (Lipinski definition) is 5. The van der Waals surface area contributed by atoms with Gasteiger partial charge in [0.2, 0.25) is 5.91 Å². The summed E-state index contributed by atoms with van der Waals surface area (Å²) in [6.45, 7) is 4.94. The Labute approximate surface area is 188 Å². The number of carbonyl (C=O) groups is 2. The van der Waals surface area contributed by atoms with Crippen molar-refractivity contribution in [2.45, 2.75) is 17.7 Å². The van der Waals surface area contributed by atoms with Crippen molar-refractivity contribution in [3.8, 4) is 5.75 Å². The molecule has 1 aliphatic rings. The number of benzene rings is 2. The Hall–Kier alpha value is -3.33. The molecular formula is C23H27N3O5S. The van der Waals surface area contributed by atoms with E-state index in [0.717, 1.165) is 0 Å². The van der Waals surface area contributed by atoms with Gasteiger partial charge in [-0.3, -0.25) is 14.3 Å². The highest BCUT2D eigenvalue weighted by molar-refractivity contribution is 7.92. The normalized spacial score (nSPS) is 14.5. The summed E-state index contributed by atoms with van der Waals surface area (Å²) in [6.07, 6.45) is 2.79. The molecule has 1 fully saturated rings. The minimum Gasteiger partial charge on any atom is -0.497 e. The van der Waals surface area contributed by atoms with E-state index in [0.29, 0.717) is 43.8 Å². The van der Waals surface area contributed by atoms with Gasteiger partial charge in [-0.15, -0.1) is 6.58 Å². The fourth-order valence-corrected chi connectivity index (χ4v) is 4.63. The molecule has 3 rings (SSSR count). The number of hydrogen-bond donors (Lipinski definition) is 2. The summed E-state index contributed by atoms with van der Waals surface area (Å²) in [7, 11) is -2.38. The number of nitrogens with one attached hydrogen (secondary N) is 2. The van der Waals surface area contributed by atoms with E-state index in [1.165, 1.54) is 25.3 Å². The zero-order valence-corrected chi connectivity index (χ0v) is 18.7. The van der Waals surface area contributed by atoms with Crippen LogP contribution in [0.4, 0.5) is 5.69 Å². The molecular weight excluding hydrogens is 430 g/mol. The summed E-state index contributed by atoms with van der Waals surface area (Å²) < 4.78 is 33.0. The highest BCUT2D eigenvalue weighted by Gasteiger charge is 2.27. The fourth-order valence-electron chi connectivity index (χ4n) is 3.54. The van der Waals surface area contributed by atoms with Crippen LogP contribution in [0.5, 0.6) is 5.75 Å². The molecule has 2 aromatic rings. The average Bonchev–Trinajstić information content (AvgIpc) is 2.82. The van der Waals surface area contributed by atoms with Crippen molar-refractivity contribution >= 4 is 27.5 Å². The van der Waals surface area contributed by atoms with Crippen LogP contribution in [-0.2, 0) is 14.8 Å². The van der Waals surface area contributed by atoms with Crippen LogP contribution in [0.3, 0.4) is 0 Å². The minimum atomic E-state index is -3.84. The summed E-state index contributed by atoms with van der Waals surface area (Å²) in [5.41, 5.74) is 0.669. The number of rotatable bonds is 8. The second kappa shape index (κ2) is 10.3. The Kier molecular flexibility index (Phi) is 7.53. The SMILES string of the molecule is C=CCNC(=O)C1CCN(C(=O)c2cccc(NS(=O)(=O)c3cccc(OC)c3)c2)CC1. The first kappa shape index (κ1) is 23.3. The van der Waals surface area contributed by atoms with Crippen LogP contribution in [0, 0.1) is 5.92 Å². The molecule has 2 N–H and O–H groups in total. The van der Waals surface area contributed by atoms with Crippen molar-refractivity contribution in [3.63, 3.8) is 0 Å². The highest BCUT2D eigenvalue weighted by atomic mass is 32.2. The van der Waals surface area contributed by atoms with E-state index in [9.17, 15) is 18.0 Å². The van der Waals surface area contributed by atoms with Gasteiger partial charge < -0.3 is 15.0 Å². The van der Waals surface area contributed by atoms with Gasteiger partial charge in [-0.25, -0.2) is 8.42 Å². The number of sulfonamides is 1. The third-order valence-electron chi connectivity index (χ3n) is 5.29. The zero-order valence-electron chi connectivity index (χ0n) is 17.9. The van der Waals surface area contributed by atoms with Crippen molar-refractivity contribution in [1.82, 2.24) is 10.2 Å². The largest absolute Gasteiger partial charge is 0.497 e. The lowest BCUT2D eigenvalue weighted by Crippen LogP contribution is -2.43. The molecule has 1 aliphatic heterocycles. The molecule has 2 aromatic carbocycles. The molecule has 9 heteroatoms. The minimum absolute atomic E-state index is 0.0223. The molecule has 0 aromatic heterocycles. The van der Waals surface area contributed by atoms with Crippen molar-refractivity contribution < 1.29 is 22.7 Å². The summed E-state index contributed by atoms with van der Waals surface area (Å²) in [6, 6.07) is 12.5. The lowest BCUT2D eigenvalue weighted by Gasteiger charge is -2.31. The summed E-state index contributed by atoms with van der Waals surface area (Å²) in [5, 5.41) is 2.79. The lowest BCUT2D eigenvalue weighted by atomic mass is 9.95. The van der Waals surface area contributed by atoms with Gasteiger partial charge in [0.15, 0.2) is 0 Å². The van der Waals surface area contributed by atoms with Crippen LogP contribution in [0.1, 0.15) is 23.2 Å². The van der Waals surface area contributed by atoms with Gasteiger partial charge in [-0.2, -0.15) is 0 Å². The molecule has 32 heavy (non-hydrogen) atoms. The van der Waals surface area contributed by atoms with Gasteiger partial charge in [0.1, 0.15) is 5.75 Å². The van der Waals surface area contributed by atoms with Gasteiger partial charge in [0.05, 0.1) is 12.0 Å². The molecule has 0 unspecified atom stereocenters. The van der Waals surface area contributed by atoms with Crippen LogP contribution in [0.25, 0.3) is 0 Å². The Balaban J connectivity index is 1.66. The molecule has 1 heterocycles. The summed E-state index contributed by atoms with van der Waals surface area (Å²) in [5.74, 6) is 0.0849. The molecule has 8 nitrogen and oxygen atoms in total. The van der Waals surface area contributed by atoms with Crippen LogP contribution in [-0.4, -0.2) is 51.9 Å². The highest BCUT2D eigenvalue weighted by Crippen LogP contribution is 2.23. The molecule has 0 saturated carbocycles. The Bertz CT molecular complexity index is 1090. The van der Waals surface area contributed by atoms with Gasteiger partial charge in [-0.1, -0.05) is 18.2 Å². The number of methoxy groups -OCH3 is 1. The predicted octanol–water partition coefficient (Wildman–Crippen LogP) is 2.65. The average molecular weight is 458 g/mol. The molecule has 170 valence electrons. The molecule has 2 amide bonds. The first-order valence-electron chi connectivity index (χ1n) is 10.3. The maximum absolute atomic E-state index is 12.9. The number of ether oxygens (including phenoxy) is 1. The molecule has 0 radical (unpaired) electrons. The van der Waals surface area contributed by atoms with E-state index in [1.807, 2.05) is 0 Å². The topological polar surface area (TPSA) is 105 Å². The number of likely N-dealkylation sites (tertiary alicyclic amines) is 1. The van der Waals surface area contributed by atoms with Crippen molar-refractivity contribution in [2.24, 2.45) is 5.92 Å². The first-order chi connectivity index (χ1) is 15.3. The summed E-state index contributed by atoms with van der Waals surface area (Å²) >= 11 is 0. The maximum atomic E-state index is 12.9. The molecule has 0 atom stereocenters. The second-order valence-electron chi connectivity index (χ2n) is 7.47. The first-order valence-corrected chi connectivity index (χ1v) is 11.8. The van der Waals surface area contributed by atoms with Crippen LogP contribution in [0.15, 0.2) is 66.1 Å². The molecule has 1 saturated heterocycles. The fraction of sp³-hybridized carbons (Fsp3) is 0.304. The van der Waals surface area contributed by atoms with Gasteiger partial charge in [-0.05, 0) is 43.2 Å². The third kappa shape index (κ3) is 5.67. The van der Waals surface area contributed by atoms with E-state index in [2.05, 4.69) is 16.6 Å². The standard InChI is InChI=1S/C23H27N3O5S/c1-3-12-24-22(27)17-10-13-26(14-11-17)23(28)18-6-4-7-19(15-18)25-32(29,30)21-9-5-8-20(16-21)31-2/h3-9,15-17,25H,1,10-14H2,2H3,(H,24,27). The zero-order chi connectivity index (χ0) is 23.1. The van der Waals surface area contributed by atoms with E-state index in [-0.39, 0.29) is 28.3 Å². The quantitative estimate of drug-likeness (QED) is 0.593. The number of piperidine rings is 1. The van der Waals surface area contributed by atoms with E-state index < -0.39 is 10.0 Å². The van der Waals surface area contributed by atoms with E-state index in [1.54, 1.807) is 41.3 Å². The van der Waals surface area contributed by atoms with Crippen molar-refractivity contribution in [1.29, 1.82) is 0 Å². The second-order valence-corrected chi connectivity index (χ2v) is 9.15. The van der Waals surface area contributed by atoms with Gasteiger partial charge in [0, 0.05) is 42.9 Å². The monoisotopic (exact) mass is 457 g/mol. The Morgan fingerprint density at radius 3 is 2.56 bits per heavy atom. The van der Waals surface area contributed by atoms with Crippen LogP contribution in [0.2, 0.25) is 0 Å². The molecule has 0 spiro atoms. The molecule has 0 aliphatic carbocycles. The predicted molar refractivity (Wildman–Crippen MR) is 122 cm³/mol. The van der Waals surface area contributed by atoms with E-state index in [4.69, 9.17) is 4.74 Å². The van der Waals surface area contributed by atoms with Gasteiger partial charge >= 0.3 is 0 Å². The Morgan fingerprint density at radius 2 is 1.88 bits per heavy atom. The van der Waals surface area contributed by atoms with Crippen LogP contribution >= 0.6 is 0 Å². The number of anilines is 1. The van der Waals surface area contributed by atoms with Crippen molar-refractivity contribution in [3.05, 3.63) is 66.7 Å². The maximum Gasteiger partial charge on any atom is 0.262 e. The van der Waals surface area contributed by atoms with Crippen LogP contribution < -0.4 is 14.8 Å². The van der Waals surface area contributed by atoms with E-state index >= 15 is 0 Å². The summed E-state index contributed by atoms with van der Waals surface area (Å²) in [4.78, 5) is 26.8. The number of carbonyl (C=O) groups excluding carboxylic acids is 2. The lowest BCUT2D eigenvalue weighted by molar-refractivity contribution is -0.126. The molecule has 0 bridgehead atoms. The third-order valence-corrected chi connectivity index (χ3v) is 6.67. The van der Waals surface area contributed by atoms with Crippen molar-refractivity contribution in [2.75, 3.05) is 31.5 Å². The number of amides is 2. The van der Waals surface area contributed by atoms with Gasteiger partial charge in [0.25, 0.3) is 15.9 Å². The smallest absolute Gasteiger partial charge is 0.262 e. The Morgan fingerprint density at radius 1 is 1.16 bits per heavy atom.